The molecule has 0 saturated carbocycles. The first-order chi connectivity index (χ1) is 11.5. The molecule has 1 aromatic carbocycles. The number of nitrogens with zero attached hydrogens (tertiary/aromatic N) is 2. The molecule has 1 aromatic heterocycles. The van der Waals surface area contributed by atoms with Crippen LogP contribution in [0.5, 0.6) is 11.6 Å². The van der Waals surface area contributed by atoms with Crippen LogP contribution in [0.25, 0.3) is 0 Å². The van der Waals surface area contributed by atoms with Gasteiger partial charge in [-0.25, -0.2) is 9.59 Å². The zero-order valence-corrected chi connectivity index (χ0v) is 13.9. The highest BCUT2D eigenvalue weighted by atomic mass is 16.5. The van der Waals surface area contributed by atoms with Crippen LogP contribution < -0.4 is 9.47 Å². The van der Waals surface area contributed by atoms with Crippen LogP contribution >= 0.6 is 0 Å². The summed E-state index contributed by atoms with van der Waals surface area (Å²) in [5.41, 5.74) is 0.558. The Morgan fingerprint density at radius 1 is 1.17 bits per heavy atom. The van der Waals surface area contributed by atoms with E-state index in [-0.39, 0.29) is 11.6 Å². The number of hydrogen-bond donors (Lipinski definition) is 0. The predicted octanol–water partition coefficient (Wildman–Crippen LogP) is 2.60. The van der Waals surface area contributed by atoms with E-state index in [1.807, 2.05) is 0 Å². The minimum Gasteiger partial charge on any atom is -0.494 e. The van der Waals surface area contributed by atoms with Gasteiger partial charge in [0, 0.05) is 13.1 Å². The van der Waals surface area contributed by atoms with E-state index < -0.39 is 11.9 Å². The summed E-state index contributed by atoms with van der Waals surface area (Å²) in [6.07, 6.45) is 2.04. The van der Waals surface area contributed by atoms with Crippen molar-refractivity contribution in [3.8, 4) is 11.6 Å². The monoisotopic (exact) mass is 332 g/mol. The summed E-state index contributed by atoms with van der Waals surface area (Å²) in [6, 6.07) is 8.02. The fraction of sp³-hybridized carbons (Fsp3) is 0.353. The molecule has 0 radical (unpaired) electrons. The third-order valence-electron chi connectivity index (χ3n) is 3.31. The van der Waals surface area contributed by atoms with Gasteiger partial charge < -0.3 is 14.2 Å². The van der Waals surface area contributed by atoms with Crippen molar-refractivity contribution >= 4 is 11.9 Å². The quantitative estimate of drug-likeness (QED) is 0.573. The molecule has 0 amide bonds. The first-order valence-electron chi connectivity index (χ1n) is 7.62. The van der Waals surface area contributed by atoms with Crippen LogP contribution in [0.3, 0.4) is 0 Å². The van der Waals surface area contributed by atoms with Crippen LogP contribution in [0.2, 0.25) is 0 Å². The smallest absolute Gasteiger partial charge is 0.356 e. The van der Waals surface area contributed by atoms with Gasteiger partial charge in [-0.2, -0.15) is 0 Å². The average Bonchev–Trinajstić information content (AvgIpc) is 2.95. The number of aromatic nitrogens is 2. The van der Waals surface area contributed by atoms with Crippen molar-refractivity contribution in [1.29, 1.82) is 0 Å². The van der Waals surface area contributed by atoms with Crippen molar-refractivity contribution in [2.75, 3.05) is 13.7 Å². The molecule has 0 aliphatic rings. The molecule has 0 aliphatic carbocycles. The molecule has 1 heterocycles. The zero-order valence-electron chi connectivity index (χ0n) is 13.9. The molecule has 0 saturated heterocycles. The van der Waals surface area contributed by atoms with Crippen molar-refractivity contribution < 1.29 is 23.8 Å². The van der Waals surface area contributed by atoms with Crippen LogP contribution in [0.15, 0.2) is 30.3 Å². The van der Waals surface area contributed by atoms with Crippen LogP contribution in [0.1, 0.15) is 40.6 Å². The molecule has 7 heteroatoms. The first kappa shape index (κ1) is 17.5. The SMILES string of the molecule is CCCCOc1ccc(C(=O)Oc2cc(C(=O)OC)n(C)n2)cc1. The van der Waals surface area contributed by atoms with Gasteiger partial charge in [0.2, 0.25) is 5.88 Å². The number of hydrogen-bond acceptors (Lipinski definition) is 6. The topological polar surface area (TPSA) is 79.6 Å². The fourth-order valence-electron chi connectivity index (χ4n) is 1.96. The maximum atomic E-state index is 12.1. The second kappa shape index (κ2) is 8.14. The number of methoxy groups -OCH3 is 1. The Morgan fingerprint density at radius 2 is 1.88 bits per heavy atom. The van der Waals surface area contributed by atoms with E-state index in [1.165, 1.54) is 17.9 Å². The van der Waals surface area contributed by atoms with E-state index in [4.69, 9.17) is 9.47 Å². The summed E-state index contributed by atoms with van der Waals surface area (Å²) in [4.78, 5) is 23.6. The van der Waals surface area contributed by atoms with Crippen molar-refractivity contribution in [2.24, 2.45) is 7.05 Å². The summed E-state index contributed by atoms with van der Waals surface area (Å²) in [6.45, 7) is 2.73. The van der Waals surface area contributed by atoms with E-state index in [9.17, 15) is 9.59 Å². The summed E-state index contributed by atoms with van der Waals surface area (Å²) in [5, 5.41) is 3.96. The lowest BCUT2D eigenvalue weighted by Gasteiger charge is -2.06. The molecular weight excluding hydrogens is 312 g/mol. The minimum absolute atomic E-state index is 0.0335. The minimum atomic E-state index is -0.565. The molecular formula is C17H20N2O5. The van der Waals surface area contributed by atoms with Crippen LogP contribution in [0.4, 0.5) is 0 Å². The zero-order chi connectivity index (χ0) is 17.5. The van der Waals surface area contributed by atoms with Gasteiger partial charge in [0.25, 0.3) is 0 Å². The summed E-state index contributed by atoms with van der Waals surface area (Å²) < 4.78 is 16.6. The molecule has 2 rings (SSSR count). The normalized spacial score (nSPS) is 10.3. The second-order valence-electron chi connectivity index (χ2n) is 5.10. The molecule has 2 aromatic rings. The van der Waals surface area contributed by atoms with E-state index in [0.29, 0.717) is 17.9 Å². The highest BCUT2D eigenvalue weighted by Crippen LogP contribution is 2.16. The summed E-state index contributed by atoms with van der Waals surface area (Å²) in [5.74, 6) is -0.387. The van der Waals surface area contributed by atoms with Gasteiger partial charge in [-0.05, 0) is 30.7 Å². The standard InChI is InChI=1S/C17H20N2O5/c1-4-5-10-23-13-8-6-12(7-9-13)16(20)24-15-11-14(17(21)22-3)19(2)18-15/h6-9,11H,4-5,10H2,1-3H3. The highest BCUT2D eigenvalue weighted by molar-refractivity contribution is 5.92. The molecule has 24 heavy (non-hydrogen) atoms. The van der Waals surface area contributed by atoms with Crippen LogP contribution in [-0.4, -0.2) is 35.4 Å². The van der Waals surface area contributed by atoms with Gasteiger partial charge in [-0.15, -0.1) is 5.10 Å². The fourth-order valence-corrected chi connectivity index (χ4v) is 1.96. The van der Waals surface area contributed by atoms with E-state index >= 15 is 0 Å². The molecule has 0 spiro atoms. The highest BCUT2D eigenvalue weighted by Gasteiger charge is 2.17. The van der Waals surface area contributed by atoms with Gasteiger partial charge in [-0.3, -0.25) is 4.68 Å². The van der Waals surface area contributed by atoms with E-state index in [0.717, 1.165) is 12.8 Å². The number of unbranched alkanes of at least 4 members (excludes halogenated alkanes) is 1. The third kappa shape index (κ3) is 4.34. The molecule has 0 N–H and O–H groups in total. The van der Waals surface area contributed by atoms with Crippen molar-refractivity contribution in [2.45, 2.75) is 19.8 Å². The number of rotatable bonds is 7. The van der Waals surface area contributed by atoms with Crippen molar-refractivity contribution in [3.05, 3.63) is 41.6 Å². The third-order valence-corrected chi connectivity index (χ3v) is 3.31. The van der Waals surface area contributed by atoms with Gasteiger partial charge in [0.1, 0.15) is 11.4 Å². The lowest BCUT2D eigenvalue weighted by molar-refractivity contribution is 0.0587. The summed E-state index contributed by atoms with van der Waals surface area (Å²) in [7, 11) is 2.83. The molecule has 7 nitrogen and oxygen atoms in total. The van der Waals surface area contributed by atoms with Gasteiger partial charge in [0.15, 0.2) is 0 Å². The maximum absolute atomic E-state index is 12.1. The molecule has 0 atom stereocenters. The average molecular weight is 332 g/mol. The summed E-state index contributed by atoms with van der Waals surface area (Å²) >= 11 is 0. The van der Waals surface area contributed by atoms with Crippen molar-refractivity contribution in [1.82, 2.24) is 9.78 Å². The van der Waals surface area contributed by atoms with Gasteiger partial charge >= 0.3 is 11.9 Å². The van der Waals surface area contributed by atoms with Gasteiger partial charge in [-0.1, -0.05) is 13.3 Å². The van der Waals surface area contributed by atoms with Crippen LogP contribution in [0, 0.1) is 0 Å². The lowest BCUT2D eigenvalue weighted by Crippen LogP contribution is -2.09. The first-order valence-corrected chi connectivity index (χ1v) is 7.62. The predicted molar refractivity (Wildman–Crippen MR) is 86.4 cm³/mol. The largest absolute Gasteiger partial charge is 0.494 e. The Hall–Kier alpha value is -2.83. The van der Waals surface area contributed by atoms with E-state index in [1.54, 1.807) is 31.3 Å². The Bertz CT molecular complexity index is 706. The molecule has 128 valence electrons. The Kier molecular flexibility index (Phi) is 5.95. The molecule has 0 aliphatic heterocycles. The number of aryl methyl sites for hydroxylation is 1. The molecule has 0 unspecified atom stereocenters. The van der Waals surface area contributed by atoms with Gasteiger partial charge in [0.05, 0.1) is 19.3 Å². The number of benzene rings is 1. The van der Waals surface area contributed by atoms with E-state index in [2.05, 4.69) is 16.8 Å². The second-order valence-corrected chi connectivity index (χ2v) is 5.10. The number of carbonyl (C=O) groups excluding carboxylic acids is 2. The lowest BCUT2D eigenvalue weighted by atomic mass is 10.2. The number of esters is 2. The number of ether oxygens (including phenoxy) is 3. The van der Waals surface area contributed by atoms with Crippen molar-refractivity contribution in [3.63, 3.8) is 0 Å². The maximum Gasteiger partial charge on any atom is 0.356 e. The Labute approximate surface area is 140 Å². The van der Waals surface area contributed by atoms with Crippen LogP contribution in [-0.2, 0) is 11.8 Å². The molecule has 0 fully saturated rings. The number of carbonyl (C=O) groups is 2. The Morgan fingerprint density at radius 3 is 2.50 bits per heavy atom. The Balaban J connectivity index is 2.00. The molecule has 0 bridgehead atoms.